The van der Waals surface area contributed by atoms with Crippen molar-refractivity contribution in [3.63, 3.8) is 0 Å². The summed E-state index contributed by atoms with van der Waals surface area (Å²) in [5, 5.41) is 10.3. The molecule has 1 atom stereocenters. The van der Waals surface area contributed by atoms with Gasteiger partial charge in [-0.3, -0.25) is 4.99 Å². The van der Waals surface area contributed by atoms with Crippen molar-refractivity contribution in [2.75, 3.05) is 36.9 Å². The van der Waals surface area contributed by atoms with Gasteiger partial charge in [0.05, 0.1) is 23.4 Å². The van der Waals surface area contributed by atoms with Gasteiger partial charge < -0.3 is 25.6 Å². The Morgan fingerprint density at radius 3 is 2.87 bits per heavy atom. The van der Waals surface area contributed by atoms with Crippen molar-refractivity contribution in [2.45, 2.75) is 69.1 Å². The molecule has 5 rings (SSSR count). The van der Waals surface area contributed by atoms with Crippen molar-refractivity contribution in [3.05, 3.63) is 18.3 Å². The molecule has 1 aromatic heterocycles. The van der Waals surface area contributed by atoms with Gasteiger partial charge in [0.15, 0.2) is 5.82 Å². The van der Waals surface area contributed by atoms with E-state index in [9.17, 15) is 4.79 Å². The zero-order valence-corrected chi connectivity index (χ0v) is 17.5. The number of nitrogens with zero attached hydrogens (tertiary/aromatic N) is 3. The molecule has 2 saturated heterocycles. The molecule has 162 valence electrons. The molecular formula is C22H32N6O2. The second-order valence-electron chi connectivity index (χ2n) is 8.96. The number of urea groups is 1. The van der Waals surface area contributed by atoms with Crippen LogP contribution in [0.1, 0.15) is 51.4 Å². The molecule has 4 aliphatic rings. The summed E-state index contributed by atoms with van der Waals surface area (Å²) in [5.74, 6) is 1.84. The molecule has 1 aromatic rings. The van der Waals surface area contributed by atoms with Gasteiger partial charge in [-0.15, -0.1) is 0 Å². The molecular weight excluding hydrogens is 380 g/mol. The van der Waals surface area contributed by atoms with E-state index in [-0.39, 0.29) is 17.7 Å². The van der Waals surface area contributed by atoms with Crippen LogP contribution in [0.4, 0.5) is 16.3 Å². The van der Waals surface area contributed by atoms with Crippen molar-refractivity contribution >= 4 is 23.4 Å². The highest BCUT2D eigenvalue weighted by Crippen LogP contribution is 2.37. The van der Waals surface area contributed by atoms with Crippen molar-refractivity contribution in [2.24, 2.45) is 4.99 Å². The molecule has 1 spiro atoms. The quantitative estimate of drug-likeness (QED) is 0.710. The van der Waals surface area contributed by atoms with Gasteiger partial charge in [-0.05, 0) is 50.7 Å². The normalized spacial score (nSPS) is 27.0. The summed E-state index contributed by atoms with van der Waals surface area (Å²) in [6.07, 6.45) is 10.6. The van der Waals surface area contributed by atoms with E-state index in [4.69, 9.17) is 9.73 Å². The van der Waals surface area contributed by atoms with Crippen LogP contribution in [0, 0.1) is 0 Å². The molecule has 0 bridgehead atoms. The molecule has 0 aromatic carbocycles. The number of carbonyl (C=O) groups is 1. The van der Waals surface area contributed by atoms with Gasteiger partial charge in [-0.1, -0.05) is 12.8 Å². The number of hydrogen-bond acceptors (Lipinski definition) is 5. The Labute approximate surface area is 177 Å². The first-order chi connectivity index (χ1) is 14.7. The fraction of sp³-hybridized carbons (Fsp3) is 0.682. The van der Waals surface area contributed by atoms with E-state index in [1.165, 1.54) is 12.8 Å². The van der Waals surface area contributed by atoms with Crippen LogP contribution < -0.4 is 16.0 Å². The number of piperidine rings is 1. The molecule has 3 N–H and O–H groups in total. The first-order valence-electron chi connectivity index (χ1n) is 11.4. The van der Waals surface area contributed by atoms with Crippen molar-refractivity contribution < 1.29 is 9.53 Å². The smallest absolute Gasteiger partial charge is 0.317 e. The molecule has 1 saturated carbocycles. The minimum absolute atomic E-state index is 0.0143. The van der Waals surface area contributed by atoms with Gasteiger partial charge in [-0.2, -0.15) is 0 Å². The lowest BCUT2D eigenvalue weighted by Gasteiger charge is -2.46. The lowest BCUT2D eigenvalue weighted by atomic mass is 9.84. The van der Waals surface area contributed by atoms with Gasteiger partial charge in [-0.25, -0.2) is 9.78 Å². The number of aliphatic imine (C=N–C) groups is 1. The van der Waals surface area contributed by atoms with Crippen LogP contribution in [-0.2, 0) is 4.74 Å². The highest BCUT2D eigenvalue weighted by atomic mass is 16.5. The second kappa shape index (κ2) is 8.41. The number of amidine groups is 1. The molecule has 1 unspecified atom stereocenters. The maximum absolute atomic E-state index is 12.7. The molecule has 3 fully saturated rings. The highest BCUT2D eigenvalue weighted by molar-refractivity contribution is 6.08. The Morgan fingerprint density at radius 1 is 1.27 bits per heavy atom. The number of rotatable bonds is 3. The van der Waals surface area contributed by atoms with Crippen LogP contribution in [0.15, 0.2) is 23.3 Å². The predicted octanol–water partition coefficient (Wildman–Crippen LogP) is 2.98. The van der Waals surface area contributed by atoms with Crippen LogP contribution in [0.25, 0.3) is 0 Å². The van der Waals surface area contributed by atoms with Crippen LogP contribution in [0.2, 0.25) is 0 Å². The molecule has 4 heterocycles. The maximum Gasteiger partial charge on any atom is 0.317 e. The lowest BCUT2D eigenvalue weighted by Crippen LogP contribution is -2.60. The van der Waals surface area contributed by atoms with Crippen LogP contribution >= 0.6 is 0 Å². The topological polar surface area (TPSA) is 90.9 Å². The Hall–Kier alpha value is -2.35. The molecule has 2 amide bonds. The number of carbonyl (C=O) groups excluding carboxylic acids is 1. The average molecular weight is 413 g/mol. The minimum atomic E-state index is -0.260. The third-order valence-corrected chi connectivity index (χ3v) is 6.92. The summed E-state index contributed by atoms with van der Waals surface area (Å²) in [4.78, 5) is 24.2. The first-order valence-corrected chi connectivity index (χ1v) is 11.4. The SMILES string of the molecule is O=C(NCC1CCCO1)N1CCC2(CC1)Nc1cccnc1NC2=NC1CCCC1. The number of ether oxygens (including phenoxy) is 1. The highest BCUT2D eigenvalue weighted by Gasteiger charge is 2.44. The largest absolute Gasteiger partial charge is 0.376 e. The molecule has 8 heteroatoms. The minimum Gasteiger partial charge on any atom is -0.376 e. The Morgan fingerprint density at radius 2 is 2.10 bits per heavy atom. The number of fused-ring (bicyclic) bond motifs is 1. The van der Waals surface area contributed by atoms with E-state index in [0.29, 0.717) is 25.7 Å². The number of anilines is 2. The van der Waals surface area contributed by atoms with Crippen LogP contribution in [0.3, 0.4) is 0 Å². The monoisotopic (exact) mass is 412 g/mol. The number of amides is 2. The van der Waals surface area contributed by atoms with E-state index in [0.717, 1.165) is 62.5 Å². The Kier molecular flexibility index (Phi) is 5.50. The maximum atomic E-state index is 12.7. The van der Waals surface area contributed by atoms with E-state index in [2.05, 4.69) is 27.0 Å². The molecule has 0 radical (unpaired) electrons. The number of nitrogens with one attached hydrogen (secondary N) is 3. The summed E-state index contributed by atoms with van der Waals surface area (Å²) in [7, 11) is 0. The summed E-state index contributed by atoms with van der Waals surface area (Å²) >= 11 is 0. The van der Waals surface area contributed by atoms with Gasteiger partial charge >= 0.3 is 6.03 Å². The molecule has 30 heavy (non-hydrogen) atoms. The third kappa shape index (κ3) is 3.97. The second-order valence-corrected chi connectivity index (χ2v) is 8.96. The third-order valence-electron chi connectivity index (χ3n) is 6.92. The van der Waals surface area contributed by atoms with Crippen molar-refractivity contribution in [1.82, 2.24) is 15.2 Å². The zero-order chi connectivity index (χ0) is 20.4. The average Bonchev–Trinajstić information content (AvgIpc) is 3.47. The Balaban J connectivity index is 1.28. The molecule has 8 nitrogen and oxygen atoms in total. The summed E-state index contributed by atoms with van der Waals surface area (Å²) in [6, 6.07) is 4.42. The van der Waals surface area contributed by atoms with Crippen LogP contribution in [-0.4, -0.2) is 65.7 Å². The van der Waals surface area contributed by atoms with Crippen molar-refractivity contribution in [1.29, 1.82) is 0 Å². The predicted molar refractivity (Wildman–Crippen MR) is 117 cm³/mol. The number of pyridine rings is 1. The Bertz CT molecular complexity index is 793. The summed E-state index contributed by atoms with van der Waals surface area (Å²) in [5.41, 5.74) is 0.753. The number of aromatic nitrogens is 1. The standard InChI is InChI=1S/C22H32N6O2/c29-21(24-15-17-7-4-14-30-17)28-12-9-22(10-13-28)20(25-16-5-1-2-6-16)26-19-18(27-22)8-3-11-23-19/h3,8,11,16-17,27H,1-2,4-7,9-10,12-15H2,(H,24,29)(H,23,25,26). The number of hydrogen-bond donors (Lipinski definition) is 3. The number of likely N-dealkylation sites (tertiary alicyclic amines) is 1. The van der Waals surface area contributed by atoms with Gasteiger partial charge in [0.1, 0.15) is 5.84 Å². The fourth-order valence-corrected chi connectivity index (χ4v) is 5.10. The van der Waals surface area contributed by atoms with Crippen molar-refractivity contribution in [3.8, 4) is 0 Å². The molecule has 1 aliphatic carbocycles. The van der Waals surface area contributed by atoms with E-state index in [1.807, 2.05) is 11.0 Å². The molecule has 3 aliphatic heterocycles. The van der Waals surface area contributed by atoms with E-state index < -0.39 is 0 Å². The van der Waals surface area contributed by atoms with Crippen LogP contribution in [0.5, 0.6) is 0 Å². The van der Waals surface area contributed by atoms with E-state index >= 15 is 0 Å². The van der Waals surface area contributed by atoms with Gasteiger partial charge in [0.25, 0.3) is 0 Å². The fourth-order valence-electron chi connectivity index (χ4n) is 5.10. The summed E-state index contributed by atoms with van der Waals surface area (Å²) < 4.78 is 5.62. The van der Waals surface area contributed by atoms with Gasteiger partial charge in [0.2, 0.25) is 0 Å². The van der Waals surface area contributed by atoms with E-state index in [1.54, 1.807) is 6.20 Å². The zero-order valence-electron chi connectivity index (χ0n) is 17.5. The van der Waals surface area contributed by atoms with Gasteiger partial charge in [0, 0.05) is 32.4 Å². The lowest BCUT2D eigenvalue weighted by molar-refractivity contribution is 0.107. The summed E-state index contributed by atoms with van der Waals surface area (Å²) in [6.45, 7) is 2.81. The first kappa shape index (κ1) is 19.6.